The molecule has 2 saturated carbocycles. The second-order valence-electron chi connectivity index (χ2n) is 5.72. The predicted octanol–water partition coefficient (Wildman–Crippen LogP) is 2.93. The van der Waals surface area contributed by atoms with Gasteiger partial charge in [-0.2, -0.15) is 0 Å². The van der Waals surface area contributed by atoms with Crippen molar-refractivity contribution in [2.75, 3.05) is 11.9 Å². The van der Waals surface area contributed by atoms with Crippen LogP contribution >= 0.6 is 0 Å². The zero-order valence-corrected chi connectivity index (χ0v) is 11.5. The average Bonchev–Trinajstić information content (AvgIpc) is 3.31. The first-order valence-corrected chi connectivity index (χ1v) is 7.15. The van der Waals surface area contributed by atoms with Crippen LogP contribution in [0.25, 0.3) is 0 Å². The van der Waals surface area contributed by atoms with Gasteiger partial charge in [0, 0.05) is 12.6 Å². The van der Waals surface area contributed by atoms with Crippen molar-refractivity contribution in [1.82, 2.24) is 4.90 Å². The van der Waals surface area contributed by atoms with Gasteiger partial charge in [0.15, 0.2) is 0 Å². The predicted molar refractivity (Wildman–Crippen MR) is 74.8 cm³/mol. The highest BCUT2D eigenvalue weighted by molar-refractivity contribution is 6.00. The van der Waals surface area contributed by atoms with E-state index in [1.54, 1.807) is 4.90 Å². The average molecular weight is 292 g/mol. The van der Waals surface area contributed by atoms with Gasteiger partial charge in [0.05, 0.1) is 11.3 Å². The number of benzene rings is 1. The maximum Gasteiger partial charge on any atom is 0.337 e. The summed E-state index contributed by atoms with van der Waals surface area (Å²) in [6.45, 7) is 0.674. The maximum absolute atomic E-state index is 13.8. The lowest BCUT2D eigenvalue weighted by atomic mass is 10.1. The van der Waals surface area contributed by atoms with Crippen LogP contribution in [0.4, 0.5) is 14.9 Å². The number of rotatable bonds is 5. The van der Waals surface area contributed by atoms with Gasteiger partial charge in [-0.25, -0.2) is 14.0 Å². The fourth-order valence-corrected chi connectivity index (χ4v) is 2.37. The van der Waals surface area contributed by atoms with Crippen molar-refractivity contribution in [3.05, 3.63) is 29.6 Å². The number of anilines is 1. The Morgan fingerprint density at radius 1 is 1.29 bits per heavy atom. The molecule has 1 aromatic carbocycles. The van der Waals surface area contributed by atoms with Crippen molar-refractivity contribution >= 4 is 17.7 Å². The molecule has 112 valence electrons. The number of hydrogen-bond donors (Lipinski definition) is 2. The number of carbonyl (C=O) groups excluding carboxylic acids is 1. The fourth-order valence-electron chi connectivity index (χ4n) is 2.37. The molecule has 21 heavy (non-hydrogen) atoms. The van der Waals surface area contributed by atoms with Crippen molar-refractivity contribution in [1.29, 1.82) is 0 Å². The van der Waals surface area contributed by atoms with Gasteiger partial charge in [0.25, 0.3) is 0 Å². The summed E-state index contributed by atoms with van der Waals surface area (Å²) in [5, 5.41) is 11.5. The van der Waals surface area contributed by atoms with Gasteiger partial charge in [-0.1, -0.05) is 6.07 Å². The number of aromatic carboxylic acids is 1. The van der Waals surface area contributed by atoms with Crippen molar-refractivity contribution in [3.63, 3.8) is 0 Å². The summed E-state index contributed by atoms with van der Waals surface area (Å²) >= 11 is 0. The number of carboxylic acids is 1. The van der Waals surface area contributed by atoms with Crippen molar-refractivity contribution in [3.8, 4) is 0 Å². The summed E-state index contributed by atoms with van der Waals surface area (Å²) in [6.07, 6.45) is 4.17. The number of nitrogens with zero attached hydrogens (tertiary/aromatic N) is 1. The third-order valence-corrected chi connectivity index (χ3v) is 3.88. The molecule has 6 heteroatoms. The van der Waals surface area contributed by atoms with E-state index in [0.29, 0.717) is 12.5 Å². The third-order valence-electron chi connectivity index (χ3n) is 3.88. The van der Waals surface area contributed by atoms with Crippen LogP contribution < -0.4 is 5.32 Å². The van der Waals surface area contributed by atoms with E-state index in [9.17, 15) is 14.0 Å². The number of hydrogen-bond acceptors (Lipinski definition) is 2. The lowest BCUT2D eigenvalue weighted by Crippen LogP contribution is -2.38. The topological polar surface area (TPSA) is 69.6 Å². The molecule has 0 atom stereocenters. The summed E-state index contributed by atoms with van der Waals surface area (Å²) in [6, 6.07) is 3.55. The van der Waals surface area contributed by atoms with Crippen LogP contribution in [-0.2, 0) is 0 Å². The number of carbonyl (C=O) groups is 2. The Bertz CT molecular complexity index is 582. The lowest BCUT2D eigenvalue weighted by Gasteiger charge is -2.23. The molecule has 2 N–H and O–H groups in total. The Labute approximate surface area is 121 Å². The van der Waals surface area contributed by atoms with Gasteiger partial charge in [0.1, 0.15) is 5.82 Å². The summed E-state index contributed by atoms with van der Waals surface area (Å²) in [4.78, 5) is 25.2. The minimum atomic E-state index is -1.26. The van der Waals surface area contributed by atoms with Crippen molar-refractivity contribution in [2.24, 2.45) is 5.92 Å². The molecule has 1 aromatic rings. The lowest BCUT2D eigenvalue weighted by molar-refractivity contribution is 0.0697. The van der Waals surface area contributed by atoms with Crippen molar-refractivity contribution < 1.29 is 19.1 Å². The van der Waals surface area contributed by atoms with E-state index in [-0.39, 0.29) is 17.3 Å². The first-order chi connectivity index (χ1) is 10.1. The zero-order chi connectivity index (χ0) is 15.0. The van der Waals surface area contributed by atoms with E-state index >= 15 is 0 Å². The molecule has 0 bridgehead atoms. The molecule has 0 saturated heterocycles. The van der Waals surface area contributed by atoms with Crippen LogP contribution in [0.3, 0.4) is 0 Å². The molecule has 2 aliphatic rings. The molecule has 0 aromatic heterocycles. The van der Waals surface area contributed by atoms with Crippen LogP contribution in [0.1, 0.15) is 36.0 Å². The minimum absolute atomic E-state index is 0.214. The molecule has 0 radical (unpaired) electrons. The largest absolute Gasteiger partial charge is 0.478 e. The quantitative estimate of drug-likeness (QED) is 0.876. The second kappa shape index (κ2) is 5.35. The number of para-hydroxylation sites is 1. The summed E-state index contributed by atoms with van der Waals surface area (Å²) in [5.74, 6) is -1.45. The smallest absolute Gasteiger partial charge is 0.337 e. The summed E-state index contributed by atoms with van der Waals surface area (Å²) < 4.78 is 13.8. The molecular weight excluding hydrogens is 275 g/mol. The Kier molecular flexibility index (Phi) is 3.53. The van der Waals surface area contributed by atoms with E-state index in [2.05, 4.69) is 5.32 Å². The zero-order valence-electron chi connectivity index (χ0n) is 11.5. The Morgan fingerprint density at radius 2 is 2.00 bits per heavy atom. The Hall–Kier alpha value is -2.11. The molecule has 2 aliphatic carbocycles. The number of nitrogens with one attached hydrogen (secondary N) is 1. The normalized spacial score (nSPS) is 17.4. The Balaban J connectivity index is 1.78. The SMILES string of the molecule is O=C(O)c1cccc(F)c1NC(=O)N(CC1CC1)C1CC1. The second-order valence-corrected chi connectivity index (χ2v) is 5.72. The van der Waals surface area contributed by atoms with Crippen LogP contribution in [0.2, 0.25) is 0 Å². The van der Waals surface area contributed by atoms with Crippen LogP contribution in [0, 0.1) is 11.7 Å². The summed E-state index contributed by atoms with van der Waals surface area (Å²) in [7, 11) is 0. The van der Waals surface area contributed by atoms with E-state index in [1.807, 2.05) is 0 Å². The van der Waals surface area contributed by atoms with Gasteiger partial charge in [0.2, 0.25) is 0 Å². The van der Waals surface area contributed by atoms with E-state index in [1.165, 1.54) is 12.1 Å². The monoisotopic (exact) mass is 292 g/mol. The molecule has 2 fully saturated rings. The molecular formula is C15H17FN2O3. The van der Waals surface area contributed by atoms with Crippen LogP contribution in [0.15, 0.2) is 18.2 Å². The molecule has 0 spiro atoms. The summed E-state index contributed by atoms with van der Waals surface area (Å²) in [5.41, 5.74) is -0.484. The molecule has 3 rings (SSSR count). The first kappa shape index (κ1) is 13.9. The van der Waals surface area contributed by atoms with Crippen LogP contribution in [-0.4, -0.2) is 34.6 Å². The van der Waals surface area contributed by atoms with E-state index in [0.717, 1.165) is 31.7 Å². The maximum atomic E-state index is 13.8. The van der Waals surface area contributed by atoms with Gasteiger partial charge >= 0.3 is 12.0 Å². The van der Waals surface area contributed by atoms with Gasteiger partial charge in [-0.15, -0.1) is 0 Å². The minimum Gasteiger partial charge on any atom is -0.478 e. The standard InChI is InChI=1S/C15H17FN2O3/c16-12-3-1-2-11(14(19)20)13(12)17-15(21)18(10-6-7-10)8-9-4-5-9/h1-3,9-10H,4-8H2,(H,17,21)(H,19,20). The van der Waals surface area contributed by atoms with Crippen LogP contribution in [0.5, 0.6) is 0 Å². The first-order valence-electron chi connectivity index (χ1n) is 7.15. The fraction of sp³-hybridized carbons (Fsp3) is 0.467. The number of amides is 2. The number of urea groups is 1. The number of halogens is 1. The molecule has 0 heterocycles. The van der Waals surface area contributed by atoms with E-state index in [4.69, 9.17) is 5.11 Å². The highest BCUT2D eigenvalue weighted by Gasteiger charge is 2.37. The van der Waals surface area contributed by atoms with Crippen molar-refractivity contribution in [2.45, 2.75) is 31.7 Å². The number of carboxylic acid groups (broad SMARTS) is 1. The van der Waals surface area contributed by atoms with Gasteiger partial charge in [-0.05, 0) is 43.7 Å². The molecule has 5 nitrogen and oxygen atoms in total. The highest BCUT2D eigenvalue weighted by atomic mass is 19.1. The van der Waals surface area contributed by atoms with E-state index < -0.39 is 17.8 Å². The van der Waals surface area contributed by atoms with Gasteiger partial charge in [-0.3, -0.25) is 0 Å². The third kappa shape index (κ3) is 3.15. The molecule has 0 unspecified atom stereocenters. The Morgan fingerprint density at radius 3 is 2.57 bits per heavy atom. The molecule has 2 amide bonds. The highest BCUT2D eigenvalue weighted by Crippen LogP contribution is 2.35. The van der Waals surface area contributed by atoms with Gasteiger partial charge < -0.3 is 15.3 Å². The molecule has 0 aliphatic heterocycles.